The van der Waals surface area contributed by atoms with Crippen molar-refractivity contribution >= 4 is 33.0 Å². The number of carbonyl (C=O) groups excluding carboxylic acids is 1. The maximum absolute atomic E-state index is 12.5. The molecule has 0 aliphatic carbocycles. The Kier molecular flexibility index (Phi) is 5.34. The molecule has 0 fully saturated rings. The Morgan fingerprint density at radius 2 is 1.64 bits per heavy atom. The SMILES string of the molecule is CC(C)(C)C(=O)Nc1cccc(NS(=O)(=O)c2ccccc2NO)c1. The smallest absolute Gasteiger partial charge is 0.264 e. The number of para-hydroxylation sites is 1. The molecule has 134 valence electrons. The molecule has 0 aliphatic rings. The summed E-state index contributed by atoms with van der Waals surface area (Å²) in [6.07, 6.45) is 0. The number of anilines is 3. The molecule has 2 aromatic rings. The normalized spacial score (nSPS) is 11.7. The van der Waals surface area contributed by atoms with E-state index in [1.54, 1.807) is 51.1 Å². The standard InChI is InChI=1S/C17H21N3O4S/c1-17(2,3)16(21)18-12-7-6-8-13(11-12)20-25(23,24)15-10-5-4-9-14(15)19-22/h4-11,19-20,22H,1-3H3,(H,18,21). The predicted molar refractivity (Wildman–Crippen MR) is 97.2 cm³/mol. The second-order valence-electron chi connectivity index (χ2n) is 6.50. The first kappa shape index (κ1) is 18.8. The van der Waals surface area contributed by atoms with Gasteiger partial charge in [0.1, 0.15) is 4.90 Å². The fraction of sp³-hybridized carbons (Fsp3) is 0.235. The van der Waals surface area contributed by atoms with Crippen molar-refractivity contribution in [2.24, 2.45) is 5.41 Å². The zero-order chi connectivity index (χ0) is 18.7. The molecule has 0 aliphatic heterocycles. The van der Waals surface area contributed by atoms with Gasteiger partial charge in [-0.15, -0.1) is 0 Å². The summed E-state index contributed by atoms with van der Waals surface area (Å²) in [6, 6.07) is 12.3. The average molecular weight is 363 g/mol. The molecule has 0 saturated heterocycles. The first-order chi connectivity index (χ1) is 11.6. The topological polar surface area (TPSA) is 108 Å². The van der Waals surface area contributed by atoms with Crippen molar-refractivity contribution in [1.29, 1.82) is 0 Å². The molecule has 2 rings (SSSR count). The fourth-order valence-corrected chi connectivity index (χ4v) is 3.19. The summed E-state index contributed by atoms with van der Waals surface area (Å²) in [7, 11) is -3.91. The van der Waals surface area contributed by atoms with Crippen molar-refractivity contribution in [1.82, 2.24) is 0 Å². The zero-order valence-corrected chi connectivity index (χ0v) is 15.0. The van der Waals surface area contributed by atoms with Crippen LogP contribution in [0.15, 0.2) is 53.4 Å². The highest BCUT2D eigenvalue weighted by molar-refractivity contribution is 7.92. The molecular weight excluding hydrogens is 342 g/mol. The lowest BCUT2D eigenvalue weighted by Crippen LogP contribution is -2.27. The van der Waals surface area contributed by atoms with Gasteiger partial charge >= 0.3 is 0 Å². The minimum atomic E-state index is -3.91. The third-order valence-corrected chi connectivity index (χ3v) is 4.79. The zero-order valence-electron chi connectivity index (χ0n) is 14.2. The molecule has 7 nitrogen and oxygen atoms in total. The molecule has 8 heteroatoms. The first-order valence-corrected chi connectivity index (χ1v) is 9.05. The van der Waals surface area contributed by atoms with Gasteiger partial charge < -0.3 is 5.32 Å². The third kappa shape index (κ3) is 4.71. The highest BCUT2D eigenvalue weighted by atomic mass is 32.2. The Labute approximate surface area is 147 Å². The van der Waals surface area contributed by atoms with E-state index in [1.807, 2.05) is 5.48 Å². The summed E-state index contributed by atoms with van der Waals surface area (Å²) < 4.78 is 27.5. The number of benzene rings is 2. The molecule has 0 bridgehead atoms. The van der Waals surface area contributed by atoms with E-state index in [1.165, 1.54) is 18.2 Å². The number of nitrogens with one attached hydrogen (secondary N) is 3. The van der Waals surface area contributed by atoms with Crippen LogP contribution in [0.2, 0.25) is 0 Å². The van der Waals surface area contributed by atoms with Gasteiger partial charge in [0.15, 0.2) is 0 Å². The van der Waals surface area contributed by atoms with Crippen LogP contribution >= 0.6 is 0 Å². The van der Waals surface area contributed by atoms with Crippen molar-refractivity contribution in [3.8, 4) is 0 Å². The van der Waals surface area contributed by atoms with E-state index < -0.39 is 15.4 Å². The number of hydrogen-bond acceptors (Lipinski definition) is 5. The van der Waals surface area contributed by atoms with Crippen LogP contribution in [0.3, 0.4) is 0 Å². The first-order valence-electron chi connectivity index (χ1n) is 7.57. The van der Waals surface area contributed by atoms with Gasteiger partial charge in [-0.25, -0.2) is 8.42 Å². The molecule has 0 spiro atoms. The monoisotopic (exact) mass is 363 g/mol. The lowest BCUT2D eigenvalue weighted by Gasteiger charge is -2.18. The van der Waals surface area contributed by atoms with Crippen molar-refractivity contribution in [3.05, 3.63) is 48.5 Å². The molecule has 25 heavy (non-hydrogen) atoms. The lowest BCUT2D eigenvalue weighted by molar-refractivity contribution is -0.123. The quantitative estimate of drug-likeness (QED) is 0.610. The number of carbonyl (C=O) groups is 1. The minimum Gasteiger partial charge on any atom is -0.326 e. The maximum atomic E-state index is 12.5. The molecule has 0 heterocycles. The van der Waals surface area contributed by atoms with Crippen LogP contribution in [-0.2, 0) is 14.8 Å². The summed E-state index contributed by atoms with van der Waals surface area (Å²) >= 11 is 0. The van der Waals surface area contributed by atoms with E-state index in [2.05, 4.69) is 10.0 Å². The summed E-state index contributed by atoms with van der Waals surface area (Å²) in [5.41, 5.74) is 2.13. The highest BCUT2D eigenvalue weighted by Gasteiger charge is 2.22. The summed E-state index contributed by atoms with van der Waals surface area (Å²) in [5.74, 6) is -0.178. The lowest BCUT2D eigenvalue weighted by atomic mass is 9.95. The summed E-state index contributed by atoms with van der Waals surface area (Å²) in [5, 5.41) is 11.8. The molecule has 1 amide bonds. The minimum absolute atomic E-state index is 0.0622. The predicted octanol–water partition coefficient (Wildman–Crippen LogP) is 3.27. The van der Waals surface area contributed by atoms with Crippen LogP contribution in [0.25, 0.3) is 0 Å². The van der Waals surface area contributed by atoms with Crippen molar-refractivity contribution in [3.63, 3.8) is 0 Å². The summed E-state index contributed by atoms with van der Waals surface area (Å²) in [6.45, 7) is 5.36. The van der Waals surface area contributed by atoms with Crippen molar-refractivity contribution < 1.29 is 18.4 Å². The van der Waals surface area contributed by atoms with Gasteiger partial charge in [-0.2, -0.15) is 0 Å². The molecule has 0 unspecified atom stereocenters. The molecule has 2 aromatic carbocycles. The van der Waals surface area contributed by atoms with Crippen LogP contribution in [0.1, 0.15) is 20.8 Å². The van der Waals surface area contributed by atoms with Crippen LogP contribution in [0, 0.1) is 5.41 Å². The van der Waals surface area contributed by atoms with E-state index in [4.69, 9.17) is 5.21 Å². The van der Waals surface area contributed by atoms with E-state index in [-0.39, 0.29) is 16.5 Å². The second kappa shape index (κ2) is 7.12. The Balaban J connectivity index is 2.26. The largest absolute Gasteiger partial charge is 0.326 e. The third-order valence-electron chi connectivity index (χ3n) is 3.35. The van der Waals surface area contributed by atoms with Gasteiger partial charge in [-0.1, -0.05) is 39.0 Å². The van der Waals surface area contributed by atoms with E-state index >= 15 is 0 Å². The van der Waals surface area contributed by atoms with Crippen molar-refractivity contribution in [2.75, 3.05) is 15.5 Å². The molecule has 0 saturated carbocycles. The molecule has 4 N–H and O–H groups in total. The van der Waals surface area contributed by atoms with Crippen molar-refractivity contribution in [2.45, 2.75) is 25.7 Å². The van der Waals surface area contributed by atoms with Gasteiger partial charge in [0, 0.05) is 11.1 Å². The maximum Gasteiger partial charge on any atom is 0.264 e. The number of sulfonamides is 1. The van der Waals surface area contributed by atoms with Gasteiger partial charge in [0.2, 0.25) is 5.91 Å². The Bertz CT molecular complexity index is 873. The molecule has 0 atom stereocenters. The van der Waals surface area contributed by atoms with Crippen LogP contribution in [0.5, 0.6) is 0 Å². The highest BCUT2D eigenvalue weighted by Crippen LogP contribution is 2.25. The fourth-order valence-electron chi connectivity index (χ4n) is 1.98. The number of hydrogen-bond donors (Lipinski definition) is 4. The number of amides is 1. The van der Waals surface area contributed by atoms with Crippen LogP contribution in [0.4, 0.5) is 17.1 Å². The van der Waals surface area contributed by atoms with E-state index in [0.717, 1.165) is 0 Å². The van der Waals surface area contributed by atoms with E-state index in [0.29, 0.717) is 11.4 Å². The van der Waals surface area contributed by atoms with E-state index in [9.17, 15) is 13.2 Å². The summed E-state index contributed by atoms with van der Waals surface area (Å²) in [4.78, 5) is 12.0. The van der Waals surface area contributed by atoms with Crippen LogP contribution in [-0.4, -0.2) is 19.5 Å². The Morgan fingerprint density at radius 3 is 2.28 bits per heavy atom. The van der Waals surface area contributed by atoms with Gasteiger partial charge in [0.25, 0.3) is 10.0 Å². The molecule has 0 radical (unpaired) electrons. The Morgan fingerprint density at radius 1 is 1.00 bits per heavy atom. The van der Waals surface area contributed by atoms with Gasteiger partial charge in [0.05, 0.1) is 11.4 Å². The van der Waals surface area contributed by atoms with Gasteiger partial charge in [-0.05, 0) is 30.3 Å². The van der Waals surface area contributed by atoms with Crippen LogP contribution < -0.4 is 15.5 Å². The molecule has 0 aromatic heterocycles. The average Bonchev–Trinajstić information content (AvgIpc) is 2.53. The van der Waals surface area contributed by atoms with Gasteiger partial charge in [-0.3, -0.25) is 20.2 Å². The second-order valence-corrected chi connectivity index (χ2v) is 8.15. The Hall–Kier alpha value is -2.58. The molecular formula is C17H21N3O4S. The number of rotatable bonds is 5.